The first-order valence-corrected chi connectivity index (χ1v) is 8.59. The molecule has 0 aliphatic heterocycles. The molecule has 133 valence electrons. The van der Waals surface area contributed by atoms with Crippen LogP contribution in [0.4, 0.5) is 5.69 Å². The summed E-state index contributed by atoms with van der Waals surface area (Å²) in [5.74, 6) is 0. The number of anilines is 1. The maximum Gasteiger partial charge on any atom is 0.110 e. The average Bonchev–Trinajstić information content (AvgIpc) is 2.70. The fraction of sp³-hybridized carbons (Fsp3) is 0. The van der Waals surface area contributed by atoms with Crippen molar-refractivity contribution < 1.29 is 17.1 Å². The van der Waals surface area contributed by atoms with Gasteiger partial charge in [0, 0.05) is 28.3 Å². The van der Waals surface area contributed by atoms with Crippen molar-refractivity contribution in [2.24, 2.45) is 0 Å². The molecular formula is C23H19CuNS. The molecule has 4 aromatic rings. The fourth-order valence-electron chi connectivity index (χ4n) is 2.45. The summed E-state index contributed by atoms with van der Waals surface area (Å²) in [6.07, 6.45) is 0. The number of nitrogens with one attached hydrogen (secondary N) is 1. The summed E-state index contributed by atoms with van der Waals surface area (Å²) in [6.45, 7) is 0. The minimum atomic E-state index is 0. The number of hydrogen-bond donors (Lipinski definition) is 1. The Hall–Kier alpha value is -2.45. The fourth-order valence-corrected chi connectivity index (χ4v) is 2.70. The first kappa shape index (κ1) is 19.9. The van der Waals surface area contributed by atoms with E-state index in [1.807, 2.05) is 60.7 Å². The standard InChI is InChI=1S/C13H11NS.C10H8.Cu/c15-13(11-7-3-1-4-8-11)14-12-9-5-2-6-10-12;1-2-6-10-8-4-3-7-9(10)5-1;/h1-10H,(H,14,15);1-8H;. The van der Waals surface area contributed by atoms with E-state index in [4.69, 9.17) is 12.2 Å². The number of rotatable bonds is 2. The predicted octanol–water partition coefficient (Wildman–Crippen LogP) is 6.31. The molecule has 1 radical (unpaired) electrons. The molecule has 3 heteroatoms. The monoisotopic (exact) mass is 404 g/mol. The minimum Gasteiger partial charge on any atom is -0.346 e. The van der Waals surface area contributed by atoms with Crippen LogP contribution in [0.25, 0.3) is 10.8 Å². The van der Waals surface area contributed by atoms with Gasteiger partial charge in [-0.15, -0.1) is 0 Å². The SMILES string of the molecule is S=C(Nc1ccccc1)c1ccccc1.[Cu].c1ccc2ccccc2c1. The molecule has 4 aromatic carbocycles. The van der Waals surface area contributed by atoms with Gasteiger partial charge in [-0.05, 0) is 22.9 Å². The number of fused-ring (bicyclic) bond motifs is 1. The molecule has 1 N–H and O–H groups in total. The van der Waals surface area contributed by atoms with E-state index in [9.17, 15) is 0 Å². The Bertz CT molecular complexity index is 874. The summed E-state index contributed by atoms with van der Waals surface area (Å²) >= 11 is 5.29. The molecule has 0 heterocycles. The van der Waals surface area contributed by atoms with Gasteiger partial charge >= 0.3 is 0 Å². The zero-order valence-electron chi connectivity index (χ0n) is 14.1. The van der Waals surface area contributed by atoms with Crippen molar-refractivity contribution in [3.8, 4) is 0 Å². The summed E-state index contributed by atoms with van der Waals surface area (Å²) < 4.78 is 0. The summed E-state index contributed by atoms with van der Waals surface area (Å²) in [6, 6.07) is 36.6. The minimum absolute atomic E-state index is 0. The molecule has 26 heavy (non-hydrogen) atoms. The number of benzene rings is 4. The average molecular weight is 405 g/mol. The molecule has 0 saturated heterocycles. The Labute approximate surface area is 170 Å². The molecule has 0 fully saturated rings. The second-order valence-electron chi connectivity index (χ2n) is 5.53. The van der Waals surface area contributed by atoms with Crippen LogP contribution in [0.15, 0.2) is 109 Å². The Morgan fingerprint density at radius 1 is 0.538 bits per heavy atom. The van der Waals surface area contributed by atoms with E-state index in [-0.39, 0.29) is 17.1 Å². The second kappa shape index (κ2) is 10.5. The summed E-state index contributed by atoms with van der Waals surface area (Å²) in [5, 5.41) is 5.81. The smallest absolute Gasteiger partial charge is 0.110 e. The van der Waals surface area contributed by atoms with Crippen molar-refractivity contribution in [1.82, 2.24) is 0 Å². The van der Waals surface area contributed by atoms with Gasteiger partial charge in [0.1, 0.15) is 4.99 Å². The zero-order valence-corrected chi connectivity index (χ0v) is 15.9. The molecule has 0 spiro atoms. The van der Waals surface area contributed by atoms with Crippen molar-refractivity contribution in [3.05, 3.63) is 115 Å². The molecule has 4 rings (SSSR count). The summed E-state index contributed by atoms with van der Waals surface area (Å²) in [5.41, 5.74) is 2.06. The molecule has 0 aliphatic rings. The largest absolute Gasteiger partial charge is 0.346 e. The van der Waals surface area contributed by atoms with Crippen molar-refractivity contribution >= 4 is 33.7 Å². The first-order valence-electron chi connectivity index (χ1n) is 8.18. The molecule has 0 aliphatic carbocycles. The molecule has 1 nitrogen and oxygen atoms in total. The van der Waals surface area contributed by atoms with Gasteiger partial charge < -0.3 is 5.32 Å². The van der Waals surface area contributed by atoms with Crippen LogP contribution in [0.2, 0.25) is 0 Å². The molecule has 0 amide bonds. The van der Waals surface area contributed by atoms with Gasteiger partial charge in [0.15, 0.2) is 0 Å². The van der Waals surface area contributed by atoms with E-state index in [0.29, 0.717) is 0 Å². The van der Waals surface area contributed by atoms with Gasteiger partial charge in [0.2, 0.25) is 0 Å². The third-order valence-corrected chi connectivity index (χ3v) is 4.06. The Kier molecular flexibility index (Phi) is 8.04. The zero-order chi connectivity index (χ0) is 17.3. The number of para-hydroxylation sites is 1. The first-order chi connectivity index (χ1) is 12.3. The van der Waals surface area contributed by atoms with E-state index in [1.165, 1.54) is 10.8 Å². The van der Waals surface area contributed by atoms with Gasteiger partial charge in [-0.1, -0.05) is 109 Å². The van der Waals surface area contributed by atoms with Crippen LogP contribution in [-0.2, 0) is 17.1 Å². The van der Waals surface area contributed by atoms with Crippen molar-refractivity contribution in [3.63, 3.8) is 0 Å². The Morgan fingerprint density at radius 3 is 1.38 bits per heavy atom. The van der Waals surface area contributed by atoms with E-state index >= 15 is 0 Å². The predicted molar refractivity (Wildman–Crippen MR) is 112 cm³/mol. The Balaban J connectivity index is 0.000000193. The van der Waals surface area contributed by atoms with Crippen LogP contribution in [-0.4, -0.2) is 4.99 Å². The van der Waals surface area contributed by atoms with E-state index in [1.54, 1.807) is 0 Å². The van der Waals surface area contributed by atoms with Gasteiger partial charge in [0.25, 0.3) is 0 Å². The molecule has 0 atom stereocenters. The van der Waals surface area contributed by atoms with Crippen molar-refractivity contribution in [2.45, 2.75) is 0 Å². The normalized spacial score (nSPS) is 9.38. The molecule has 0 unspecified atom stereocenters. The van der Waals surface area contributed by atoms with Crippen LogP contribution in [0.5, 0.6) is 0 Å². The van der Waals surface area contributed by atoms with Gasteiger partial charge in [-0.3, -0.25) is 0 Å². The van der Waals surface area contributed by atoms with E-state index in [2.05, 4.69) is 53.8 Å². The van der Waals surface area contributed by atoms with Crippen LogP contribution in [0.3, 0.4) is 0 Å². The van der Waals surface area contributed by atoms with Gasteiger partial charge in [-0.25, -0.2) is 0 Å². The Morgan fingerprint density at radius 2 is 0.923 bits per heavy atom. The van der Waals surface area contributed by atoms with Gasteiger partial charge in [-0.2, -0.15) is 0 Å². The number of hydrogen-bond acceptors (Lipinski definition) is 1. The summed E-state index contributed by atoms with van der Waals surface area (Å²) in [4.78, 5) is 0.752. The van der Waals surface area contributed by atoms with E-state index in [0.717, 1.165) is 16.2 Å². The topological polar surface area (TPSA) is 12.0 Å². The molecular weight excluding hydrogens is 386 g/mol. The maximum absolute atomic E-state index is 5.29. The van der Waals surface area contributed by atoms with Crippen LogP contribution >= 0.6 is 12.2 Å². The van der Waals surface area contributed by atoms with E-state index < -0.39 is 0 Å². The van der Waals surface area contributed by atoms with Gasteiger partial charge in [0.05, 0.1) is 0 Å². The quantitative estimate of drug-likeness (QED) is 0.310. The van der Waals surface area contributed by atoms with Crippen LogP contribution in [0, 0.1) is 0 Å². The molecule has 0 aromatic heterocycles. The van der Waals surface area contributed by atoms with Crippen molar-refractivity contribution in [1.29, 1.82) is 0 Å². The molecule has 0 bridgehead atoms. The van der Waals surface area contributed by atoms with Crippen LogP contribution in [0.1, 0.15) is 5.56 Å². The summed E-state index contributed by atoms with van der Waals surface area (Å²) in [7, 11) is 0. The second-order valence-corrected chi connectivity index (χ2v) is 5.94. The third-order valence-electron chi connectivity index (χ3n) is 3.73. The third kappa shape index (κ3) is 5.82. The maximum atomic E-state index is 5.29. The van der Waals surface area contributed by atoms with Crippen LogP contribution < -0.4 is 5.32 Å². The number of thiocarbonyl (C=S) groups is 1. The van der Waals surface area contributed by atoms with Crippen molar-refractivity contribution in [2.75, 3.05) is 5.32 Å². The molecule has 0 saturated carbocycles.